The third-order valence-corrected chi connectivity index (χ3v) is 4.27. The summed E-state index contributed by atoms with van der Waals surface area (Å²) in [5.74, 6) is 1.67. The standard InChI is InChI=1S/C19H26N6O3/c1-11(2)25-10-22-16-17(23-19(24-18(16)25)21-8-12(3)26)20-9-13-5-6-14(28-4)7-15(13)27/h5-7,10-12,26-27H,8-9H2,1-4H3,(H2,20,21,23,24). The maximum Gasteiger partial charge on any atom is 0.226 e. The minimum Gasteiger partial charge on any atom is -0.507 e. The van der Waals surface area contributed by atoms with Gasteiger partial charge in [-0.15, -0.1) is 0 Å². The molecule has 0 saturated carbocycles. The molecule has 9 heteroatoms. The lowest BCUT2D eigenvalue weighted by Gasteiger charge is -2.13. The van der Waals surface area contributed by atoms with E-state index in [1.807, 2.05) is 4.57 Å². The molecule has 2 heterocycles. The number of hydrogen-bond donors (Lipinski definition) is 4. The maximum absolute atomic E-state index is 10.2. The Balaban J connectivity index is 1.92. The Morgan fingerprint density at radius 3 is 2.61 bits per heavy atom. The van der Waals surface area contributed by atoms with Crippen molar-refractivity contribution in [1.29, 1.82) is 0 Å². The van der Waals surface area contributed by atoms with Gasteiger partial charge < -0.3 is 30.2 Å². The highest BCUT2D eigenvalue weighted by Gasteiger charge is 2.15. The number of fused-ring (bicyclic) bond motifs is 1. The van der Waals surface area contributed by atoms with Gasteiger partial charge in [-0.05, 0) is 32.9 Å². The molecule has 0 amide bonds. The van der Waals surface area contributed by atoms with Crippen molar-refractivity contribution >= 4 is 22.9 Å². The van der Waals surface area contributed by atoms with Gasteiger partial charge in [-0.1, -0.05) is 0 Å². The summed E-state index contributed by atoms with van der Waals surface area (Å²) in [6, 6.07) is 5.33. The summed E-state index contributed by atoms with van der Waals surface area (Å²) in [6.45, 7) is 6.48. The number of aliphatic hydroxyl groups excluding tert-OH is 1. The summed E-state index contributed by atoms with van der Waals surface area (Å²) in [4.78, 5) is 13.5. The van der Waals surface area contributed by atoms with Crippen LogP contribution in [0.15, 0.2) is 24.5 Å². The highest BCUT2D eigenvalue weighted by molar-refractivity contribution is 5.84. The number of anilines is 2. The predicted molar refractivity (Wildman–Crippen MR) is 108 cm³/mol. The zero-order valence-corrected chi connectivity index (χ0v) is 16.5. The Morgan fingerprint density at radius 1 is 1.18 bits per heavy atom. The molecule has 0 fully saturated rings. The second kappa shape index (κ2) is 8.30. The molecule has 0 aliphatic carbocycles. The van der Waals surface area contributed by atoms with Gasteiger partial charge in [0.2, 0.25) is 5.95 Å². The van der Waals surface area contributed by atoms with Gasteiger partial charge >= 0.3 is 0 Å². The molecular weight excluding hydrogens is 360 g/mol. The van der Waals surface area contributed by atoms with Crippen molar-refractivity contribution in [2.24, 2.45) is 0 Å². The van der Waals surface area contributed by atoms with E-state index in [9.17, 15) is 10.2 Å². The molecule has 3 rings (SSSR count). The van der Waals surface area contributed by atoms with Crippen molar-refractivity contribution in [1.82, 2.24) is 19.5 Å². The van der Waals surface area contributed by atoms with E-state index < -0.39 is 6.10 Å². The number of rotatable bonds is 8. The molecule has 0 aliphatic heterocycles. The summed E-state index contributed by atoms with van der Waals surface area (Å²) in [6.07, 6.45) is 1.21. The number of ether oxygens (including phenoxy) is 1. The fraction of sp³-hybridized carbons (Fsp3) is 0.421. The van der Waals surface area contributed by atoms with Crippen LogP contribution in [0.2, 0.25) is 0 Å². The fourth-order valence-electron chi connectivity index (χ4n) is 2.73. The van der Waals surface area contributed by atoms with E-state index in [1.54, 1.807) is 38.6 Å². The van der Waals surface area contributed by atoms with E-state index in [-0.39, 0.29) is 11.8 Å². The first-order chi connectivity index (χ1) is 13.4. The maximum atomic E-state index is 10.2. The summed E-state index contributed by atoms with van der Waals surface area (Å²) in [7, 11) is 1.55. The average molecular weight is 386 g/mol. The van der Waals surface area contributed by atoms with E-state index in [2.05, 4.69) is 39.4 Å². The van der Waals surface area contributed by atoms with Crippen molar-refractivity contribution in [3.63, 3.8) is 0 Å². The van der Waals surface area contributed by atoms with Crippen LogP contribution in [0.4, 0.5) is 11.8 Å². The fourth-order valence-corrected chi connectivity index (χ4v) is 2.73. The number of nitrogens with one attached hydrogen (secondary N) is 2. The molecule has 0 bridgehead atoms. The van der Waals surface area contributed by atoms with Crippen LogP contribution in [0.25, 0.3) is 11.2 Å². The van der Waals surface area contributed by atoms with Crippen LogP contribution < -0.4 is 15.4 Å². The van der Waals surface area contributed by atoms with Crippen LogP contribution in [-0.2, 0) is 6.54 Å². The van der Waals surface area contributed by atoms with Crippen LogP contribution in [0.5, 0.6) is 11.5 Å². The highest BCUT2D eigenvalue weighted by atomic mass is 16.5. The summed E-state index contributed by atoms with van der Waals surface area (Å²) in [5, 5.41) is 26.0. The van der Waals surface area contributed by atoms with Crippen LogP contribution in [0.1, 0.15) is 32.4 Å². The van der Waals surface area contributed by atoms with Crippen molar-refractivity contribution in [2.75, 3.05) is 24.3 Å². The third-order valence-electron chi connectivity index (χ3n) is 4.27. The summed E-state index contributed by atoms with van der Waals surface area (Å²) < 4.78 is 7.07. The van der Waals surface area contributed by atoms with Gasteiger partial charge in [-0.2, -0.15) is 9.97 Å². The molecular formula is C19H26N6O3. The topological polar surface area (TPSA) is 117 Å². The summed E-state index contributed by atoms with van der Waals surface area (Å²) >= 11 is 0. The molecule has 0 spiro atoms. The zero-order valence-electron chi connectivity index (χ0n) is 16.5. The first-order valence-electron chi connectivity index (χ1n) is 9.15. The number of phenolic OH excluding ortho intramolecular Hbond substituents is 1. The molecule has 1 atom stereocenters. The van der Waals surface area contributed by atoms with Gasteiger partial charge in [-0.3, -0.25) is 0 Å². The quantitative estimate of drug-likeness (QED) is 0.467. The van der Waals surface area contributed by atoms with Crippen molar-refractivity contribution in [2.45, 2.75) is 39.5 Å². The SMILES string of the molecule is COc1ccc(CNc2nc(NCC(C)O)nc3c2ncn3C(C)C)c(O)c1. The first kappa shape index (κ1) is 19.7. The largest absolute Gasteiger partial charge is 0.507 e. The highest BCUT2D eigenvalue weighted by Crippen LogP contribution is 2.27. The van der Waals surface area contributed by atoms with Gasteiger partial charge in [0, 0.05) is 30.8 Å². The molecule has 3 aromatic rings. The zero-order chi connectivity index (χ0) is 20.3. The van der Waals surface area contributed by atoms with E-state index in [4.69, 9.17) is 4.74 Å². The van der Waals surface area contributed by atoms with Gasteiger partial charge in [0.1, 0.15) is 11.5 Å². The minimum atomic E-state index is -0.526. The number of aromatic hydroxyl groups is 1. The first-order valence-corrected chi connectivity index (χ1v) is 9.15. The van der Waals surface area contributed by atoms with E-state index in [1.165, 1.54) is 0 Å². The lowest BCUT2D eigenvalue weighted by molar-refractivity contribution is 0.208. The van der Waals surface area contributed by atoms with Crippen LogP contribution in [0, 0.1) is 0 Å². The predicted octanol–water partition coefficient (Wildman–Crippen LogP) is 2.53. The van der Waals surface area contributed by atoms with Crippen LogP contribution in [-0.4, -0.2) is 49.5 Å². The number of hydrogen-bond acceptors (Lipinski definition) is 8. The Morgan fingerprint density at radius 2 is 1.96 bits per heavy atom. The smallest absolute Gasteiger partial charge is 0.226 e. The van der Waals surface area contributed by atoms with E-state index >= 15 is 0 Å². The average Bonchev–Trinajstić information content (AvgIpc) is 3.09. The van der Waals surface area contributed by atoms with Crippen molar-refractivity contribution < 1.29 is 14.9 Å². The van der Waals surface area contributed by atoms with Gasteiger partial charge in [0.05, 0.1) is 19.5 Å². The molecule has 2 aromatic heterocycles. The Kier molecular flexibility index (Phi) is 5.84. The number of phenols is 1. The Labute approximate surface area is 163 Å². The van der Waals surface area contributed by atoms with Gasteiger partial charge in [0.15, 0.2) is 17.0 Å². The Bertz CT molecular complexity index is 954. The normalized spacial score (nSPS) is 12.4. The second-order valence-electron chi connectivity index (χ2n) is 6.89. The van der Waals surface area contributed by atoms with Crippen molar-refractivity contribution in [3.8, 4) is 11.5 Å². The van der Waals surface area contributed by atoms with Crippen LogP contribution >= 0.6 is 0 Å². The van der Waals surface area contributed by atoms with E-state index in [0.29, 0.717) is 47.3 Å². The molecule has 150 valence electrons. The number of methoxy groups -OCH3 is 1. The second-order valence-corrected chi connectivity index (χ2v) is 6.89. The molecule has 1 unspecified atom stereocenters. The number of aromatic nitrogens is 4. The molecule has 0 aliphatic rings. The number of imidazole rings is 1. The third kappa shape index (κ3) is 4.25. The summed E-state index contributed by atoms with van der Waals surface area (Å²) in [5.41, 5.74) is 2.04. The van der Waals surface area contributed by atoms with E-state index in [0.717, 1.165) is 0 Å². The number of benzene rings is 1. The molecule has 4 N–H and O–H groups in total. The number of nitrogens with zero attached hydrogens (tertiary/aromatic N) is 4. The monoisotopic (exact) mass is 386 g/mol. The molecule has 1 aromatic carbocycles. The molecule has 9 nitrogen and oxygen atoms in total. The van der Waals surface area contributed by atoms with Crippen LogP contribution in [0.3, 0.4) is 0 Å². The molecule has 28 heavy (non-hydrogen) atoms. The van der Waals surface area contributed by atoms with Crippen molar-refractivity contribution in [3.05, 3.63) is 30.1 Å². The Hall–Kier alpha value is -3.07. The minimum absolute atomic E-state index is 0.136. The lowest BCUT2D eigenvalue weighted by Crippen LogP contribution is -2.17. The lowest BCUT2D eigenvalue weighted by atomic mass is 10.2. The molecule has 0 radical (unpaired) electrons. The van der Waals surface area contributed by atoms with Gasteiger partial charge in [-0.25, -0.2) is 4.98 Å². The molecule has 0 saturated heterocycles. The number of aliphatic hydroxyl groups is 1. The van der Waals surface area contributed by atoms with Gasteiger partial charge in [0.25, 0.3) is 0 Å².